The van der Waals surface area contributed by atoms with Crippen molar-refractivity contribution >= 4 is 17.5 Å². The summed E-state index contributed by atoms with van der Waals surface area (Å²) in [5.74, 6) is -2.73. The Bertz CT molecular complexity index is 1040. The Hall–Kier alpha value is -3.94. The third-order valence-corrected chi connectivity index (χ3v) is 4.02. The average Bonchev–Trinajstić information content (AvgIpc) is 2.71. The van der Waals surface area contributed by atoms with E-state index in [0.29, 0.717) is 11.8 Å². The van der Waals surface area contributed by atoms with E-state index >= 15 is 0 Å². The largest absolute Gasteiger partial charge is 0.507 e. The van der Waals surface area contributed by atoms with E-state index in [2.05, 4.69) is 10.6 Å². The van der Waals surface area contributed by atoms with Crippen LogP contribution in [0.5, 0.6) is 11.5 Å². The van der Waals surface area contributed by atoms with E-state index in [1.165, 1.54) is 18.2 Å². The Labute approximate surface area is 171 Å². The second-order valence-electron chi connectivity index (χ2n) is 6.26. The topological polar surface area (TPSA) is 87.7 Å². The molecule has 0 spiro atoms. The van der Waals surface area contributed by atoms with Gasteiger partial charge in [0.15, 0.2) is 0 Å². The molecule has 0 aliphatic rings. The van der Waals surface area contributed by atoms with Crippen molar-refractivity contribution in [2.75, 3.05) is 18.5 Å². The zero-order valence-corrected chi connectivity index (χ0v) is 15.7. The van der Waals surface area contributed by atoms with Crippen molar-refractivity contribution in [1.29, 1.82) is 0 Å². The van der Waals surface area contributed by atoms with E-state index in [1.54, 1.807) is 12.1 Å². The molecule has 3 rings (SSSR count). The predicted molar refractivity (Wildman–Crippen MR) is 107 cm³/mol. The standard InChI is InChI=1S/C22H18F2N2O4/c23-15-10-14(11-16(24)12-15)21(28)26-17-6-7-19(20(27)13-17)22(29)25-8-9-30-18-4-2-1-3-5-18/h1-7,10-13,27H,8-9H2,(H,25,29)(H,26,28). The second-order valence-corrected chi connectivity index (χ2v) is 6.26. The number of rotatable bonds is 7. The van der Waals surface area contributed by atoms with Crippen molar-refractivity contribution in [3.05, 3.63) is 89.5 Å². The van der Waals surface area contributed by atoms with E-state index in [0.717, 1.165) is 12.1 Å². The smallest absolute Gasteiger partial charge is 0.255 e. The number of ether oxygens (including phenoxy) is 1. The molecule has 6 nitrogen and oxygen atoms in total. The third-order valence-electron chi connectivity index (χ3n) is 4.02. The van der Waals surface area contributed by atoms with Gasteiger partial charge in [-0.15, -0.1) is 0 Å². The van der Waals surface area contributed by atoms with Crippen LogP contribution < -0.4 is 15.4 Å². The molecule has 0 atom stereocenters. The molecule has 0 heterocycles. The summed E-state index contributed by atoms with van der Waals surface area (Å²) in [7, 11) is 0. The van der Waals surface area contributed by atoms with Gasteiger partial charge >= 0.3 is 0 Å². The summed E-state index contributed by atoms with van der Waals surface area (Å²) in [6, 6.07) is 15.4. The minimum absolute atomic E-state index is 0.00418. The van der Waals surface area contributed by atoms with Gasteiger partial charge in [0.1, 0.15) is 29.7 Å². The highest BCUT2D eigenvalue weighted by Gasteiger charge is 2.14. The van der Waals surface area contributed by atoms with Crippen LogP contribution in [0.15, 0.2) is 66.7 Å². The SMILES string of the molecule is O=C(Nc1ccc(C(=O)NCCOc2ccccc2)c(O)c1)c1cc(F)cc(F)c1. The van der Waals surface area contributed by atoms with Gasteiger partial charge in [-0.1, -0.05) is 18.2 Å². The Morgan fingerprint density at radius 1 is 0.900 bits per heavy atom. The maximum atomic E-state index is 13.2. The van der Waals surface area contributed by atoms with Gasteiger partial charge < -0.3 is 20.5 Å². The summed E-state index contributed by atoms with van der Waals surface area (Å²) in [6.07, 6.45) is 0. The fourth-order valence-electron chi connectivity index (χ4n) is 2.63. The highest BCUT2D eigenvalue weighted by atomic mass is 19.1. The number of aromatic hydroxyl groups is 1. The molecular formula is C22H18F2N2O4. The van der Waals surface area contributed by atoms with Crippen molar-refractivity contribution in [3.8, 4) is 11.5 Å². The van der Waals surface area contributed by atoms with E-state index in [-0.39, 0.29) is 35.7 Å². The Balaban J connectivity index is 1.56. The van der Waals surface area contributed by atoms with Crippen molar-refractivity contribution < 1.29 is 28.2 Å². The van der Waals surface area contributed by atoms with Crippen LogP contribution >= 0.6 is 0 Å². The summed E-state index contributed by atoms with van der Waals surface area (Å²) in [5.41, 5.74) is -0.0529. The molecule has 0 unspecified atom stereocenters. The zero-order valence-electron chi connectivity index (χ0n) is 15.7. The lowest BCUT2D eigenvalue weighted by molar-refractivity contribution is 0.0944. The van der Waals surface area contributed by atoms with Crippen LogP contribution in [0.3, 0.4) is 0 Å². The summed E-state index contributed by atoms with van der Waals surface area (Å²) >= 11 is 0. The first kappa shape index (κ1) is 20.8. The molecule has 154 valence electrons. The number of carbonyl (C=O) groups is 2. The van der Waals surface area contributed by atoms with Crippen molar-refractivity contribution in [2.24, 2.45) is 0 Å². The number of hydrogen-bond acceptors (Lipinski definition) is 4. The molecule has 0 bridgehead atoms. The van der Waals surface area contributed by atoms with Gasteiger partial charge in [0.2, 0.25) is 0 Å². The summed E-state index contributed by atoms with van der Waals surface area (Å²) in [4.78, 5) is 24.3. The minimum Gasteiger partial charge on any atom is -0.507 e. The van der Waals surface area contributed by atoms with Crippen LogP contribution in [0, 0.1) is 11.6 Å². The first-order valence-electron chi connectivity index (χ1n) is 8.99. The number of phenols is 1. The zero-order chi connectivity index (χ0) is 21.5. The molecule has 3 aromatic carbocycles. The Morgan fingerprint density at radius 2 is 1.60 bits per heavy atom. The number of benzene rings is 3. The molecule has 8 heteroatoms. The fraction of sp³-hybridized carbons (Fsp3) is 0.0909. The van der Waals surface area contributed by atoms with Gasteiger partial charge in [0.05, 0.1) is 12.1 Å². The molecule has 0 fully saturated rings. The first-order valence-corrected chi connectivity index (χ1v) is 8.99. The number of anilines is 1. The molecule has 30 heavy (non-hydrogen) atoms. The summed E-state index contributed by atoms with van der Waals surface area (Å²) in [6.45, 7) is 0.464. The maximum absolute atomic E-state index is 13.2. The Kier molecular flexibility index (Phi) is 6.59. The number of halogens is 2. The van der Waals surface area contributed by atoms with Crippen molar-refractivity contribution in [2.45, 2.75) is 0 Å². The molecule has 0 aliphatic carbocycles. The lowest BCUT2D eigenvalue weighted by atomic mass is 10.1. The molecule has 0 aromatic heterocycles. The van der Waals surface area contributed by atoms with Crippen LogP contribution in [0.2, 0.25) is 0 Å². The van der Waals surface area contributed by atoms with Gasteiger partial charge in [-0.3, -0.25) is 9.59 Å². The average molecular weight is 412 g/mol. The van der Waals surface area contributed by atoms with Crippen LogP contribution in [-0.4, -0.2) is 30.1 Å². The van der Waals surface area contributed by atoms with Gasteiger partial charge in [-0.2, -0.15) is 0 Å². The summed E-state index contributed by atoms with van der Waals surface area (Å²) < 4.78 is 32.0. The Morgan fingerprint density at radius 3 is 2.27 bits per heavy atom. The second kappa shape index (κ2) is 9.51. The third kappa shape index (κ3) is 5.54. The molecule has 0 aliphatic heterocycles. The number of nitrogens with one attached hydrogen (secondary N) is 2. The number of carbonyl (C=O) groups excluding carboxylic acids is 2. The highest BCUT2D eigenvalue weighted by Crippen LogP contribution is 2.22. The predicted octanol–water partition coefficient (Wildman–Crippen LogP) is 3.73. The van der Waals surface area contributed by atoms with E-state index in [9.17, 15) is 23.5 Å². The fourth-order valence-corrected chi connectivity index (χ4v) is 2.63. The molecule has 3 N–H and O–H groups in total. The van der Waals surface area contributed by atoms with Crippen molar-refractivity contribution in [3.63, 3.8) is 0 Å². The monoisotopic (exact) mass is 412 g/mol. The number of para-hydroxylation sites is 1. The van der Waals surface area contributed by atoms with Crippen molar-refractivity contribution in [1.82, 2.24) is 5.32 Å². The first-order chi connectivity index (χ1) is 14.4. The van der Waals surface area contributed by atoms with Crippen LogP contribution in [0.25, 0.3) is 0 Å². The lowest BCUT2D eigenvalue weighted by Gasteiger charge is -2.10. The van der Waals surface area contributed by atoms with Gasteiger partial charge in [-0.05, 0) is 36.4 Å². The number of phenolic OH excluding ortho intramolecular Hbond substituents is 1. The number of hydrogen-bond donors (Lipinski definition) is 3. The quantitative estimate of drug-likeness (QED) is 0.516. The van der Waals surface area contributed by atoms with E-state index in [1.807, 2.05) is 18.2 Å². The summed E-state index contributed by atoms with van der Waals surface area (Å²) in [5, 5.41) is 15.1. The van der Waals surface area contributed by atoms with Crippen LogP contribution in [0.1, 0.15) is 20.7 Å². The van der Waals surface area contributed by atoms with Gasteiger partial charge in [0.25, 0.3) is 11.8 Å². The van der Waals surface area contributed by atoms with E-state index < -0.39 is 23.4 Å². The minimum atomic E-state index is -0.883. The number of amides is 2. The molecule has 0 saturated carbocycles. The molecule has 0 saturated heterocycles. The van der Waals surface area contributed by atoms with Gasteiger partial charge in [0, 0.05) is 23.4 Å². The highest BCUT2D eigenvalue weighted by molar-refractivity contribution is 6.05. The molecule has 3 aromatic rings. The molecule has 0 radical (unpaired) electrons. The van der Waals surface area contributed by atoms with Crippen LogP contribution in [0.4, 0.5) is 14.5 Å². The van der Waals surface area contributed by atoms with Crippen LogP contribution in [-0.2, 0) is 0 Å². The normalized spacial score (nSPS) is 10.3. The molecule has 2 amide bonds. The van der Waals surface area contributed by atoms with Gasteiger partial charge in [-0.25, -0.2) is 8.78 Å². The maximum Gasteiger partial charge on any atom is 0.255 e. The lowest BCUT2D eigenvalue weighted by Crippen LogP contribution is -2.28. The van der Waals surface area contributed by atoms with E-state index in [4.69, 9.17) is 4.74 Å². The molecular weight excluding hydrogens is 394 g/mol.